The number of hydrogen-bond donors (Lipinski definition) is 1. The zero-order valence-corrected chi connectivity index (χ0v) is 12.4. The van der Waals surface area contributed by atoms with Gasteiger partial charge in [0.1, 0.15) is 11.6 Å². The molecule has 0 bridgehead atoms. The first-order chi connectivity index (χ1) is 8.62. The third-order valence-corrected chi connectivity index (χ3v) is 3.87. The first-order valence-electron chi connectivity index (χ1n) is 6.48. The van der Waals surface area contributed by atoms with Crippen LogP contribution in [0.15, 0.2) is 11.2 Å². The van der Waals surface area contributed by atoms with Crippen LogP contribution in [0.4, 0.5) is 11.6 Å². The van der Waals surface area contributed by atoms with Crippen LogP contribution in [0.25, 0.3) is 0 Å². The highest BCUT2D eigenvalue weighted by molar-refractivity contribution is 7.98. The molecule has 100 valence electrons. The quantitative estimate of drug-likeness (QED) is 0.673. The van der Waals surface area contributed by atoms with Crippen molar-refractivity contribution in [2.75, 3.05) is 36.6 Å². The molecule has 0 saturated carbocycles. The van der Waals surface area contributed by atoms with E-state index < -0.39 is 0 Å². The first kappa shape index (κ1) is 13.5. The third kappa shape index (κ3) is 3.07. The van der Waals surface area contributed by atoms with Crippen LogP contribution in [0.5, 0.6) is 0 Å². The molecule has 0 aliphatic carbocycles. The van der Waals surface area contributed by atoms with Crippen molar-refractivity contribution in [3.8, 4) is 0 Å². The van der Waals surface area contributed by atoms with Gasteiger partial charge in [0, 0.05) is 26.2 Å². The minimum absolute atomic E-state index is 0.736. The summed E-state index contributed by atoms with van der Waals surface area (Å²) in [7, 11) is 1.90. The summed E-state index contributed by atoms with van der Waals surface area (Å²) in [6, 6.07) is 2.05. The zero-order chi connectivity index (χ0) is 13.1. The molecule has 5 heteroatoms. The molecule has 0 spiro atoms. The van der Waals surface area contributed by atoms with Crippen molar-refractivity contribution in [2.45, 2.75) is 25.4 Å². The smallest absolute Gasteiger partial charge is 0.191 e. The summed E-state index contributed by atoms with van der Waals surface area (Å²) >= 11 is 1.59. The lowest BCUT2D eigenvalue weighted by Crippen LogP contribution is -2.39. The van der Waals surface area contributed by atoms with E-state index in [1.807, 2.05) is 19.4 Å². The second-order valence-electron chi connectivity index (χ2n) is 5.20. The van der Waals surface area contributed by atoms with Crippen LogP contribution in [0.1, 0.15) is 20.3 Å². The maximum absolute atomic E-state index is 4.63. The molecule has 1 fully saturated rings. The number of nitrogens with zero attached hydrogens (tertiary/aromatic N) is 3. The van der Waals surface area contributed by atoms with Crippen LogP contribution in [0.2, 0.25) is 0 Å². The molecular formula is C13H22N4S. The maximum Gasteiger partial charge on any atom is 0.191 e. The number of piperidine rings is 1. The Hall–Kier alpha value is -0.970. The lowest BCUT2D eigenvalue weighted by Gasteiger charge is -2.35. The first-order valence-corrected chi connectivity index (χ1v) is 7.70. The largest absolute Gasteiger partial charge is 0.373 e. The second-order valence-corrected chi connectivity index (χ2v) is 5.97. The Balaban J connectivity index is 2.25. The molecular weight excluding hydrogens is 244 g/mol. The zero-order valence-electron chi connectivity index (χ0n) is 11.6. The number of nitrogens with one attached hydrogen (secondary N) is 1. The van der Waals surface area contributed by atoms with Crippen LogP contribution < -0.4 is 10.2 Å². The fourth-order valence-electron chi connectivity index (χ4n) is 2.64. The van der Waals surface area contributed by atoms with Crippen molar-refractivity contribution >= 4 is 23.4 Å². The van der Waals surface area contributed by atoms with Crippen LogP contribution in [0, 0.1) is 11.8 Å². The van der Waals surface area contributed by atoms with Gasteiger partial charge in [-0.3, -0.25) is 0 Å². The molecule has 18 heavy (non-hydrogen) atoms. The van der Waals surface area contributed by atoms with Crippen molar-refractivity contribution in [1.29, 1.82) is 0 Å². The van der Waals surface area contributed by atoms with Crippen LogP contribution in [-0.2, 0) is 0 Å². The highest BCUT2D eigenvalue weighted by atomic mass is 32.2. The molecule has 0 aromatic carbocycles. The lowest BCUT2D eigenvalue weighted by molar-refractivity contribution is 0.355. The van der Waals surface area contributed by atoms with Crippen LogP contribution in [-0.4, -0.2) is 36.4 Å². The average molecular weight is 266 g/mol. The van der Waals surface area contributed by atoms with Gasteiger partial charge in [-0.15, -0.1) is 0 Å². The Labute approximate surface area is 114 Å². The van der Waals surface area contributed by atoms with Gasteiger partial charge in [-0.25, -0.2) is 9.97 Å². The number of hydrogen-bond acceptors (Lipinski definition) is 5. The van der Waals surface area contributed by atoms with E-state index in [0.29, 0.717) is 0 Å². The topological polar surface area (TPSA) is 41.0 Å². The molecule has 1 aromatic heterocycles. The Morgan fingerprint density at radius 1 is 1.28 bits per heavy atom. The molecule has 1 saturated heterocycles. The number of anilines is 2. The van der Waals surface area contributed by atoms with Crippen molar-refractivity contribution in [2.24, 2.45) is 11.8 Å². The summed E-state index contributed by atoms with van der Waals surface area (Å²) in [4.78, 5) is 11.4. The third-order valence-electron chi connectivity index (χ3n) is 3.32. The molecule has 1 aromatic rings. The highest BCUT2D eigenvalue weighted by Crippen LogP contribution is 2.27. The number of aromatic nitrogens is 2. The summed E-state index contributed by atoms with van der Waals surface area (Å²) in [6.07, 6.45) is 3.33. The molecule has 4 nitrogen and oxygen atoms in total. The van der Waals surface area contributed by atoms with E-state index in [1.165, 1.54) is 6.42 Å². The van der Waals surface area contributed by atoms with E-state index >= 15 is 0 Å². The Morgan fingerprint density at radius 2 is 1.94 bits per heavy atom. The number of rotatable bonds is 3. The summed E-state index contributed by atoms with van der Waals surface area (Å²) in [6.45, 7) is 6.83. The lowest BCUT2D eigenvalue weighted by atomic mass is 9.92. The summed E-state index contributed by atoms with van der Waals surface area (Å²) in [5.74, 6) is 3.42. The Kier molecular flexibility index (Phi) is 4.32. The molecule has 0 amide bonds. The van der Waals surface area contributed by atoms with E-state index in [1.54, 1.807) is 11.8 Å². The molecule has 1 aliphatic rings. The van der Waals surface area contributed by atoms with Gasteiger partial charge in [0.05, 0.1) is 0 Å². The van der Waals surface area contributed by atoms with E-state index in [0.717, 1.165) is 41.7 Å². The molecule has 1 N–H and O–H groups in total. The van der Waals surface area contributed by atoms with Gasteiger partial charge < -0.3 is 10.2 Å². The minimum Gasteiger partial charge on any atom is -0.373 e. The molecule has 0 radical (unpaired) electrons. The van der Waals surface area contributed by atoms with Gasteiger partial charge in [-0.05, 0) is 24.5 Å². The van der Waals surface area contributed by atoms with Gasteiger partial charge in [0.15, 0.2) is 5.16 Å². The molecule has 2 unspecified atom stereocenters. The number of thioether (sulfide) groups is 1. The molecule has 2 heterocycles. The fourth-order valence-corrected chi connectivity index (χ4v) is 3.02. The van der Waals surface area contributed by atoms with E-state index in [-0.39, 0.29) is 0 Å². The predicted octanol–water partition coefficient (Wildman–Crippen LogP) is 2.72. The van der Waals surface area contributed by atoms with Crippen LogP contribution >= 0.6 is 11.8 Å². The summed E-state index contributed by atoms with van der Waals surface area (Å²) in [5.41, 5.74) is 0. The summed E-state index contributed by atoms with van der Waals surface area (Å²) < 4.78 is 0. The fraction of sp³-hybridized carbons (Fsp3) is 0.692. The average Bonchev–Trinajstić information content (AvgIpc) is 2.37. The van der Waals surface area contributed by atoms with Gasteiger partial charge in [0.2, 0.25) is 0 Å². The van der Waals surface area contributed by atoms with Gasteiger partial charge in [-0.1, -0.05) is 25.6 Å². The molecule has 1 aliphatic heterocycles. The van der Waals surface area contributed by atoms with E-state index in [9.17, 15) is 0 Å². The highest BCUT2D eigenvalue weighted by Gasteiger charge is 2.23. The standard InChI is InChI=1S/C13H22N4S/c1-9-5-10(2)8-17(7-9)12-6-11(14-3)15-13(16-12)18-4/h6,9-10H,5,7-8H2,1-4H3,(H,14,15,16). The van der Waals surface area contributed by atoms with Crippen molar-refractivity contribution in [3.63, 3.8) is 0 Å². The van der Waals surface area contributed by atoms with E-state index in [2.05, 4.69) is 34.0 Å². The SMILES string of the molecule is CNc1cc(N2CC(C)CC(C)C2)nc(SC)n1. The van der Waals surface area contributed by atoms with Crippen LogP contribution in [0.3, 0.4) is 0 Å². The second kappa shape index (κ2) is 5.78. The predicted molar refractivity (Wildman–Crippen MR) is 78.5 cm³/mol. The van der Waals surface area contributed by atoms with Gasteiger partial charge >= 0.3 is 0 Å². The van der Waals surface area contributed by atoms with E-state index in [4.69, 9.17) is 0 Å². The molecule has 2 rings (SSSR count). The normalized spacial score (nSPS) is 24.1. The summed E-state index contributed by atoms with van der Waals surface area (Å²) in [5, 5.41) is 3.95. The van der Waals surface area contributed by atoms with Crippen molar-refractivity contribution < 1.29 is 0 Å². The Morgan fingerprint density at radius 3 is 2.50 bits per heavy atom. The maximum atomic E-state index is 4.63. The minimum atomic E-state index is 0.736. The molecule has 2 atom stereocenters. The van der Waals surface area contributed by atoms with Gasteiger partial charge in [-0.2, -0.15) is 0 Å². The van der Waals surface area contributed by atoms with Crippen molar-refractivity contribution in [1.82, 2.24) is 9.97 Å². The monoisotopic (exact) mass is 266 g/mol. The van der Waals surface area contributed by atoms with Crippen molar-refractivity contribution in [3.05, 3.63) is 6.07 Å². The van der Waals surface area contributed by atoms with Gasteiger partial charge in [0.25, 0.3) is 0 Å². The Bertz CT molecular complexity index is 378.